The van der Waals surface area contributed by atoms with Gasteiger partial charge in [-0.25, -0.2) is 14.4 Å². The fraction of sp³-hybridized carbons (Fsp3) is 0.192. The molecule has 2 amide bonds. The minimum Gasteiger partial charge on any atom is -0.478 e. The first-order valence-corrected chi connectivity index (χ1v) is 10.7. The van der Waals surface area contributed by atoms with Crippen molar-refractivity contribution in [1.82, 2.24) is 10.2 Å². The van der Waals surface area contributed by atoms with Gasteiger partial charge in [0.15, 0.2) is 6.23 Å². The topological polar surface area (TPSA) is 95.9 Å². The Labute approximate surface area is 191 Å². The molecule has 2 N–H and O–H groups in total. The monoisotopic (exact) mass is 444 g/mol. The second-order valence-corrected chi connectivity index (χ2v) is 7.75. The van der Waals surface area contributed by atoms with E-state index in [-0.39, 0.29) is 12.0 Å². The van der Waals surface area contributed by atoms with E-state index < -0.39 is 30.2 Å². The average Bonchev–Trinajstić information content (AvgIpc) is 2.83. The molecule has 0 spiro atoms. The van der Waals surface area contributed by atoms with Crippen LogP contribution >= 0.6 is 0 Å². The van der Waals surface area contributed by atoms with Crippen molar-refractivity contribution in [1.29, 1.82) is 0 Å². The quantitative estimate of drug-likeness (QED) is 0.530. The summed E-state index contributed by atoms with van der Waals surface area (Å²) in [6.45, 7) is 3.32. The van der Waals surface area contributed by atoms with Crippen molar-refractivity contribution < 1.29 is 24.2 Å². The summed E-state index contributed by atoms with van der Waals surface area (Å²) in [4.78, 5) is 39.2. The van der Waals surface area contributed by atoms with Crippen molar-refractivity contribution >= 4 is 28.7 Å². The summed E-state index contributed by atoms with van der Waals surface area (Å²) in [5.74, 6) is -1.74. The zero-order valence-corrected chi connectivity index (χ0v) is 18.3. The van der Waals surface area contributed by atoms with Crippen LogP contribution in [0.4, 0.5) is 4.79 Å². The predicted octanol–water partition coefficient (Wildman–Crippen LogP) is 4.86. The standard InChI is InChI=1S/C26H24N2O5/c1-3-21-22(24(29)30)23(20-14-13-17-9-7-8-12-19(17)15-20)27-26(32)28(21)16(2)33-25(31)18-10-5-4-6-11-18/h4-16,23H,3H2,1-2H3,(H,27,32)(H,29,30). The van der Waals surface area contributed by atoms with Crippen LogP contribution in [0.5, 0.6) is 0 Å². The molecule has 7 nitrogen and oxygen atoms in total. The van der Waals surface area contributed by atoms with Gasteiger partial charge in [-0.3, -0.25) is 4.90 Å². The van der Waals surface area contributed by atoms with E-state index in [1.54, 1.807) is 44.2 Å². The normalized spacial score (nSPS) is 17.0. The molecule has 4 rings (SSSR count). The summed E-state index contributed by atoms with van der Waals surface area (Å²) in [5, 5.41) is 14.8. The van der Waals surface area contributed by atoms with Crippen LogP contribution < -0.4 is 5.32 Å². The lowest BCUT2D eigenvalue weighted by Crippen LogP contribution is -2.52. The molecule has 0 saturated carbocycles. The number of rotatable bonds is 6. The smallest absolute Gasteiger partial charge is 0.340 e. The molecule has 0 aliphatic carbocycles. The Hall–Kier alpha value is -4.13. The Morgan fingerprint density at radius 1 is 1.03 bits per heavy atom. The second-order valence-electron chi connectivity index (χ2n) is 7.75. The molecule has 168 valence electrons. The first kappa shape index (κ1) is 22.1. The molecular weight excluding hydrogens is 420 g/mol. The number of hydrogen-bond donors (Lipinski definition) is 2. The lowest BCUT2D eigenvalue weighted by molar-refractivity contribution is -0.133. The Morgan fingerprint density at radius 3 is 2.36 bits per heavy atom. The fourth-order valence-electron chi connectivity index (χ4n) is 4.16. The number of amides is 2. The number of aliphatic carboxylic acids is 1. The Morgan fingerprint density at radius 2 is 1.70 bits per heavy atom. The minimum atomic E-state index is -1.14. The van der Waals surface area contributed by atoms with Crippen LogP contribution in [0.3, 0.4) is 0 Å². The molecule has 7 heteroatoms. The Balaban J connectivity index is 1.71. The van der Waals surface area contributed by atoms with E-state index in [0.717, 1.165) is 10.8 Å². The molecule has 2 unspecified atom stereocenters. The van der Waals surface area contributed by atoms with Crippen molar-refractivity contribution in [2.24, 2.45) is 0 Å². The van der Waals surface area contributed by atoms with E-state index in [0.29, 0.717) is 16.8 Å². The van der Waals surface area contributed by atoms with Gasteiger partial charge in [0.05, 0.1) is 17.2 Å². The molecule has 0 saturated heterocycles. The number of hydrogen-bond acceptors (Lipinski definition) is 4. The average molecular weight is 444 g/mol. The maximum absolute atomic E-state index is 13.1. The number of fused-ring (bicyclic) bond motifs is 1. The Kier molecular flexibility index (Phi) is 6.13. The third kappa shape index (κ3) is 4.30. The highest BCUT2D eigenvalue weighted by Crippen LogP contribution is 2.34. The van der Waals surface area contributed by atoms with E-state index in [4.69, 9.17) is 4.74 Å². The highest BCUT2D eigenvalue weighted by Gasteiger charge is 2.39. The largest absolute Gasteiger partial charge is 0.478 e. The number of nitrogens with one attached hydrogen (secondary N) is 1. The summed E-state index contributed by atoms with van der Waals surface area (Å²) in [6, 6.07) is 20.4. The summed E-state index contributed by atoms with van der Waals surface area (Å²) in [6.07, 6.45) is -0.730. The molecule has 33 heavy (non-hydrogen) atoms. The van der Waals surface area contributed by atoms with Gasteiger partial charge in [-0.1, -0.05) is 61.5 Å². The molecule has 2 atom stereocenters. The number of carboxylic acid groups (broad SMARTS) is 1. The molecule has 3 aromatic carbocycles. The molecular formula is C26H24N2O5. The molecule has 1 aliphatic rings. The number of esters is 1. The van der Waals surface area contributed by atoms with Crippen LogP contribution in [0.25, 0.3) is 10.8 Å². The summed E-state index contributed by atoms with van der Waals surface area (Å²) < 4.78 is 5.50. The Bertz CT molecular complexity index is 1250. The molecule has 0 aromatic heterocycles. The van der Waals surface area contributed by atoms with Gasteiger partial charge in [0.2, 0.25) is 0 Å². The third-order valence-corrected chi connectivity index (χ3v) is 5.70. The second kappa shape index (κ2) is 9.16. The van der Waals surface area contributed by atoms with Gasteiger partial charge in [0.1, 0.15) is 0 Å². The molecule has 0 bridgehead atoms. The van der Waals surface area contributed by atoms with E-state index >= 15 is 0 Å². The summed E-state index contributed by atoms with van der Waals surface area (Å²) in [5.41, 5.74) is 1.36. The van der Waals surface area contributed by atoms with Crippen molar-refractivity contribution in [2.75, 3.05) is 0 Å². The number of carbonyl (C=O) groups excluding carboxylic acids is 2. The summed E-state index contributed by atoms with van der Waals surface area (Å²) >= 11 is 0. The SMILES string of the molecule is CCC1=C(C(=O)O)C(c2ccc3ccccc3c2)NC(=O)N1C(C)OC(=O)c1ccccc1. The highest BCUT2D eigenvalue weighted by molar-refractivity contribution is 5.95. The van der Waals surface area contributed by atoms with Crippen molar-refractivity contribution in [3.63, 3.8) is 0 Å². The molecule has 1 heterocycles. The van der Waals surface area contributed by atoms with Crippen LogP contribution in [0, 0.1) is 0 Å². The van der Waals surface area contributed by atoms with E-state index in [2.05, 4.69) is 5.32 Å². The maximum atomic E-state index is 13.1. The molecule has 3 aromatic rings. The van der Waals surface area contributed by atoms with Crippen molar-refractivity contribution in [3.8, 4) is 0 Å². The number of ether oxygens (including phenoxy) is 1. The zero-order valence-electron chi connectivity index (χ0n) is 18.3. The van der Waals surface area contributed by atoms with Crippen LogP contribution in [0.1, 0.15) is 42.2 Å². The maximum Gasteiger partial charge on any atom is 0.340 e. The number of allylic oxidation sites excluding steroid dienone is 1. The molecule has 1 aliphatic heterocycles. The van der Waals surface area contributed by atoms with Crippen LogP contribution in [0.15, 0.2) is 84.1 Å². The molecule has 0 radical (unpaired) electrons. The predicted molar refractivity (Wildman–Crippen MR) is 123 cm³/mol. The zero-order chi connectivity index (χ0) is 23.5. The lowest BCUT2D eigenvalue weighted by Gasteiger charge is -2.38. The number of benzene rings is 3. The number of nitrogens with zero attached hydrogens (tertiary/aromatic N) is 1. The number of carboxylic acids is 1. The van der Waals surface area contributed by atoms with E-state index in [9.17, 15) is 19.5 Å². The van der Waals surface area contributed by atoms with E-state index in [1.807, 2.05) is 42.5 Å². The van der Waals surface area contributed by atoms with Gasteiger partial charge < -0.3 is 15.2 Å². The van der Waals surface area contributed by atoms with Gasteiger partial charge in [0, 0.05) is 5.70 Å². The first-order valence-electron chi connectivity index (χ1n) is 10.7. The van der Waals surface area contributed by atoms with Gasteiger partial charge in [-0.15, -0.1) is 0 Å². The van der Waals surface area contributed by atoms with Crippen LogP contribution in [0.2, 0.25) is 0 Å². The van der Waals surface area contributed by atoms with E-state index in [1.165, 1.54) is 4.90 Å². The van der Waals surface area contributed by atoms with Gasteiger partial charge in [0.25, 0.3) is 0 Å². The van der Waals surface area contributed by atoms with Crippen molar-refractivity contribution in [2.45, 2.75) is 32.5 Å². The minimum absolute atomic E-state index is 0.0509. The lowest BCUT2D eigenvalue weighted by atomic mass is 9.92. The van der Waals surface area contributed by atoms with Crippen LogP contribution in [-0.2, 0) is 9.53 Å². The van der Waals surface area contributed by atoms with Gasteiger partial charge in [-0.2, -0.15) is 0 Å². The number of urea groups is 1. The fourth-order valence-corrected chi connectivity index (χ4v) is 4.16. The highest BCUT2D eigenvalue weighted by atomic mass is 16.6. The van der Waals surface area contributed by atoms with Gasteiger partial charge in [-0.05, 0) is 47.9 Å². The van der Waals surface area contributed by atoms with Gasteiger partial charge >= 0.3 is 18.0 Å². The van der Waals surface area contributed by atoms with Crippen LogP contribution in [-0.4, -0.2) is 34.2 Å². The third-order valence-electron chi connectivity index (χ3n) is 5.70. The molecule has 0 fully saturated rings. The number of carbonyl (C=O) groups is 3. The first-order chi connectivity index (χ1) is 15.9. The van der Waals surface area contributed by atoms with Crippen molar-refractivity contribution in [3.05, 3.63) is 95.2 Å². The summed E-state index contributed by atoms with van der Waals surface area (Å²) in [7, 11) is 0.